The minimum absolute atomic E-state index is 0.00186. The molecule has 0 saturated heterocycles. The predicted molar refractivity (Wildman–Crippen MR) is 152 cm³/mol. The molecule has 0 amide bonds. The second kappa shape index (κ2) is 19.0. The van der Waals surface area contributed by atoms with Crippen LogP contribution in [0.2, 0.25) is 0 Å². The summed E-state index contributed by atoms with van der Waals surface area (Å²) in [5.74, 6) is 2.11. The lowest BCUT2D eigenvalue weighted by Crippen LogP contribution is -2.18. The van der Waals surface area contributed by atoms with Crippen LogP contribution in [0.5, 0.6) is 0 Å². The molecule has 0 aliphatic rings. The van der Waals surface area contributed by atoms with Crippen LogP contribution in [-0.2, 0) is 6.42 Å². The lowest BCUT2D eigenvalue weighted by atomic mass is 10.0. The van der Waals surface area contributed by atoms with Crippen molar-refractivity contribution in [3.05, 3.63) is 24.0 Å². The molecule has 0 bridgehead atoms. The van der Waals surface area contributed by atoms with Crippen molar-refractivity contribution >= 4 is 11.9 Å². The summed E-state index contributed by atoms with van der Waals surface area (Å²) in [6.45, 7) is 4.50. The molecule has 0 radical (unpaired) electrons. The first-order chi connectivity index (χ1) is 17.7. The Hall–Kier alpha value is -2.18. The van der Waals surface area contributed by atoms with Gasteiger partial charge in [0.2, 0.25) is 11.9 Å². The van der Waals surface area contributed by atoms with Crippen LogP contribution in [0.25, 0.3) is 0 Å². The summed E-state index contributed by atoms with van der Waals surface area (Å²) >= 11 is 0. The zero-order valence-electron chi connectivity index (χ0n) is 23.3. The van der Waals surface area contributed by atoms with E-state index in [1.807, 2.05) is 12.4 Å². The average Bonchev–Trinajstić information content (AvgIpc) is 3.31. The van der Waals surface area contributed by atoms with Gasteiger partial charge in [-0.25, -0.2) is 4.98 Å². The summed E-state index contributed by atoms with van der Waals surface area (Å²) in [5.41, 5.74) is 11.8. The Labute approximate surface area is 220 Å². The third-order valence-electron chi connectivity index (χ3n) is 7.16. The smallest absolute Gasteiger partial charge is 0.225 e. The van der Waals surface area contributed by atoms with Crippen molar-refractivity contribution in [2.45, 2.75) is 148 Å². The summed E-state index contributed by atoms with van der Waals surface area (Å²) in [4.78, 5) is 17.4. The van der Waals surface area contributed by atoms with E-state index in [0.29, 0.717) is 5.82 Å². The van der Waals surface area contributed by atoms with E-state index in [-0.39, 0.29) is 17.9 Å². The number of rotatable bonds is 22. The number of anilines is 2. The molecular weight excluding hydrogens is 446 g/mol. The lowest BCUT2D eigenvalue weighted by molar-refractivity contribution is 0.463. The van der Waals surface area contributed by atoms with Gasteiger partial charge in [0.15, 0.2) is 5.82 Å². The monoisotopic (exact) mass is 499 g/mol. The molecule has 1 atom stereocenters. The van der Waals surface area contributed by atoms with Crippen molar-refractivity contribution in [1.82, 2.24) is 24.5 Å². The van der Waals surface area contributed by atoms with Crippen molar-refractivity contribution in [2.75, 3.05) is 11.5 Å². The third-order valence-corrected chi connectivity index (χ3v) is 7.16. The number of hydrogen-bond donors (Lipinski definition) is 2. The highest BCUT2D eigenvalue weighted by atomic mass is 15.2. The van der Waals surface area contributed by atoms with Gasteiger partial charge >= 0.3 is 0 Å². The summed E-state index contributed by atoms with van der Waals surface area (Å²) < 4.78 is 2.23. The van der Waals surface area contributed by atoms with Gasteiger partial charge in [0.25, 0.3) is 0 Å². The van der Waals surface area contributed by atoms with Crippen LogP contribution in [0.15, 0.2) is 12.4 Å². The number of nitrogen functional groups attached to an aromatic ring is 2. The Morgan fingerprint density at radius 3 is 1.64 bits per heavy atom. The zero-order valence-corrected chi connectivity index (χ0v) is 23.3. The Morgan fingerprint density at radius 2 is 1.11 bits per heavy atom. The number of hydrogen-bond acceptors (Lipinski definition) is 6. The van der Waals surface area contributed by atoms with E-state index in [9.17, 15) is 0 Å². The molecule has 1 unspecified atom stereocenters. The molecule has 0 spiro atoms. The van der Waals surface area contributed by atoms with Crippen molar-refractivity contribution in [3.8, 4) is 0 Å². The second-order valence-electron chi connectivity index (χ2n) is 10.4. The fourth-order valence-corrected chi connectivity index (χ4v) is 5.03. The topological polar surface area (TPSA) is 109 Å². The molecule has 4 N–H and O–H groups in total. The molecule has 0 aliphatic carbocycles. The van der Waals surface area contributed by atoms with E-state index in [4.69, 9.17) is 11.5 Å². The summed E-state index contributed by atoms with van der Waals surface area (Å²) in [6, 6.07) is -0.00186. The Balaban J connectivity index is 1.66. The van der Waals surface area contributed by atoms with Crippen LogP contribution >= 0.6 is 0 Å². The molecule has 0 saturated carbocycles. The zero-order chi connectivity index (χ0) is 25.8. The lowest BCUT2D eigenvalue weighted by Gasteiger charge is -2.20. The summed E-state index contributed by atoms with van der Waals surface area (Å²) in [6.07, 6.45) is 30.0. The Kier molecular flexibility index (Phi) is 15.9. The van der Waals surface area contributed by atoms with Crippen LogP contribution in [0.4, 0.5) is 11.9 Å². The van der Waals surface area contributed by atoms with Crippen LogP contribution in [0, 0.1) is 0 Å². The maximum absolute atomic E-state index is 5.88. The Bertz CT molecular complexity index is 784. The highest BCUT2D eigenvalue weighted by Gasteiger charge is 2.20. The van der Waals surface area contributed by atoms with Gasteiger partial charge in [-0.05, 0) is 12.8 Å². The van der Waals surface area contributed by atoms with E-state index >= 15 is 0 Å². The molecule has 7 nitrogen and oxygen atoms in total. The van der Waals surface area contributed by atoms with E-state index in [1.165, 1.54) is 103 Å². The largest absolute Gasteiger partial charge is 0.368 e. The van der Waals surface area contributed by atoms with Crippen LogP contribution in [0.3, 0.4) is 0 Å². The SMILES string of the molecule is CCCCCCCCCCCCCCCCCc1nccn1C(CCCCC)c1nc(N)nc(N)n1. The number of unbranched alkanes of at least 4 members (excludes halogenated alkanes) is 16. The van der Waals surface area contributed by atoms with Gasteiger partial charge in [0, 0.05) is 18.8 Å². The highest BCUT2D eigenvalue weighted by Crippen LogP contribution is 2.25. The molecule has 2 aromatic rings. The van der Waals surface area contributed by atoms with Crippen molar-refractivity contribution in [3.63, 3.8) is 0 Å². The molecule has 0 aliphatic heterocycles. The molecule has 0 fully saturated rings. The minimum Gasteiger partial charge on any atom is -0.368 e. The van der Waals surface area contributed by atoms with Crippen molar-refractivity contribution in [1.29, 1.82) is 0 Å². The van der Waals surface area contributed by atoms with Crippen molar-refractivity contribution < 1.29 is 0 Å². The van der Waals surface area contributed by atoms with Gasteiger partial charge in [-0.15, -0.1) is 0 Å². The van der Waals surface area contributed by atoms with Gasteiger partial charge in [-0.3, -0.25) is 0 Å². The van der Waals surface area contributed by atoms with Gasteiger partial charge in [0.05, 0.1) is 6.04 Å². The molecule has 0 aromatic carbocycles. The first-order valence-electron chi connectivity index (χ1n) is 14.9. The molecule has 7 heteroatoms. The van der Waals surface area contributed by atoms with E-state index in [0.717, 1.165) is 31.5 Å². The molecule has 204 valence electrons. The first kappa shape index (κ1) is 30.0. The second-order valence-corrected chi connectivity index (χ2v) is 10.4. The van der Waals surface area contributed by atoms with E-state index in [1.54, 1.807) is 0 Å². The number of nitrogens with zero attached hydrogens (tertiary/aromatic N) is 5. The fourth-order valence-electron chi connectivity index (χ4n) is 5.03. The number of aromatic nitrogens is 5. The van der Waals surface area contributed by atoms with Crippen LogP contribution < -0.4 is 11.5 Å². The summed E-state index contributed by atoms with van der Waals surface area (Å²) in [5, 5.41) is 0. The normalized spacial score (nSPS) is 12.3. The summed E-state index contributed by atoms with van der Waals surface area (Å²) in [7, 11) is 0. The molecule has 2 heterocycles. The molecule has 36 heavy (non-hydrogen) atoms. The van der Waals surface area contributed by atoms with Gasteiger partial charge in [-0.2, -0.15) is 15.0 Å². The van der Waals surface area contributed by atoms with Gasteiger partial charge < -0.3 is 16.0 Å². The molecule has 2 aromatic heterocycles. The Morgan fingerprint density at radius 1 is 0.639 bits per heavy atom. The number of aryl methyl sites for hydroxylation is 1. The highest BCUT2D eigenvalue weighted by molar-refractivity contribution is 5.27. The third kappa shape index (κ3) is 12.2. The van der Waals surface area contributed by atoms with Crippen molar-refractivity contribution in [2.24, 2.45) is 0 Å². The molecule has 2 rings (SSSR count). The fraction of sp³-hybridized carbons (Fsp3) is 0.793. The molecular formula is C29H53N7. The first-order valence-corrected chi connectivity index (χ1v) is 14.9. The van der Waals surface area contributed by atoms with Crippen LogP contribution in [-0.4, -0.2) is 24.5 Å². The maximum Gasteiger partial charge on any atom is 0.225 e. The standard InChI is InChI=1S/C29H53N7/c1-3-5-7-8-9-10-11-12-13-14-15-16-17-18-20-22-26-32-23-24-36(26)25(21-19-6-4-2)27-33-28(30)35-29(31)34-27/h23-25H,3-22H2,1-2H3,(H4,30,31,33,34,35). The van der Waals surface area contributed by atoms with Gasteiger partial charge in [-0.1, -0.05) is 123 Å². The van der Waals surface area contributed by atoms with E-state index < -0.39 is 0 Å². The maximum atomic E-state index is 5.88. The van der Waals surface area contributed by atoms with Gasteiger partial charge in [0.1, 0.15) is 5.82 Å². The quantitative estimate of drug-likeness (QED) is 0.160. The van der Waals surface area contributed by atoms with E-state index in [2.05, 4.69) is 38.4 Å². The minimum atomic E-state index is -0.00186. The number of nitrogens with two attached hydrogens (primary N) is 2. The number of imidazole rings is 1. The van der Waals surface area contributed by atoms with Crippen LogP contribution in [0.1, 0.15) is 154 Å². The predicted octanol–water partition coefficient (Wildman–Crippen LogP) is 7.82. The average molecular weight is 500 g/mol.